The monoisotopic (exact) mass is 296 g/mol. The molecule has 0 radical (unpaired) electrons. The van der Waals surface area contributed by atoms with Crippen LogP contribution in [0.5, 0.6) is 0 Å². The highest BCUT2D eigenvalue weighted by Crippen LogP contribution is 2.05. The van der Waals surface area contributed by atoms with Gasteiger partial charge < -0.3 is 15.4 Å². The first-order valence-electron chi connectivity index (χ1n) is 6.93. The Hall–Kier alpha value is -2.11. The van der Waals surface area contributed by atoms with E-state index in [1.54, 1.807) is 32.0 Å². The summed E-state index contributed by atoms with van der Waals surface area (Å²) < 4.78 is 18.3. The van der Waals surface area contributed by atoms with Crippen LogP contribution in [0.2, 0.25) is 0 Å². The van der Waals surface area contributed by atoms with E-state index in [2.05, 4.69) is 10.6 Å². The number of amides is 2. The molecule has 0 spiro atoms. The Morgan fingerprint density at radius 1 is 1.19 bits per heavy atom. The minimum atomic E-state index is -0.385. The Morgan fingerprint density at radius 3 is 2.52 bits per heavy atom. The smallest absolute Gasteiger partial charge is 0.314 e. The average Bonchev–Trinajstić information content (AvgIpc) is 2.40. The first-order valence-corrected chi connectivity index (χ1v) is 6.93. The largest absolute Gasteiger partial charge is 0.463 e. The highest BCUT2D eigenvalue weighted by molar-refractivity contribution is 5.75. The quantitative estimate of drug-likeness (QED) is 0.756. The molecule has 0 heterocycles. The molecule has 2 amide bonds. The fourth-order valence-electron chi connectivity index (χ4n) is 1.67. The van der Waals surface area contributed by atoms with Crippen LogP contribution in [0.4, 0.5) is 9.18 Å². The molecule has 0 saturated heterocycles. The Bertz CT molecular complexity index is 478. The van der Waals surface area contributed by atoms with E-state index in [0.717, 1.165) is 0 Å². The van der Waals surface area contributed by atoms with Crippen molar-refractivity contribution in [1.29, 1.82) is 0 Å². The Labute approximate surface area is 123 Å². The van der Waals surface area contributed by atoms with Gasteiger partial charge in [-0.15, -0.1) is 0 Å². The number of hydrogen-bond donors (Lipinski definition) is 2. The molecule has 0 aliphatic heterocycles. The third-order valence-corrected chi connectivity index (χ3v) is 2.62. The van der Waals surface area contributed by atoms with Crippen molar-refractivity contribution in [3.05, 3.63) is 35.6 Å². The fraction of sp³-hybridized carbons (Fsp3) is 0.467. The lowest BCUT2D eigenvalue weighted by molar-refractivity contribution is -0.147. The number of hydrogen-bond acceptors (Lipinski definition) is 3. The summed E-state index contributed by atoms with van der Waals surface area (Å²) in [6.45, 7) is 4.06. The number of rotatable bonds is 7. The van der Waals surface area contributed by atoms with Crippen LogP contribution in [-0.4, -0.2) is 31.2 Å². The Kier molecular flexibility index (Phi) is 7.21. The van der Waals surface area contributed by atoms with E-state index < -0.39 is 0 Å². The average molecular weight is 296 g/mol. The normalized spacial score (nSPS) is 10.3. The van der Waals surface area contributed by atoms with Gasteiger partial charge in [-0.1, -0.05) is 18.2 Å². The van der Waals surface area contributed by atoms with Gasteiger partial charge in [-0.25, -0.2) is 9.18 Å². The molecule has 0 aliphatic carbocycles. The van der Waals surface area contributed by atoms with Gasteiger partial charge in [-0.3, -0.25) is 4.79 Å². The molecule has 6 heteroatoms. The van der Waals surface area contributed by atoms with Crippen molar-refractivity contribution < 1.29 is 18.7 Å². The summed E-state index contributed by atoms with van der Waals surface area (Å²) >= 11 is 0. The van der Waals surface area contributed by atoms with Crippen molar-refractivity contribution >= 4 is 12.0 Å². The van der Waals surface area contributed by atoms with Crippen molar-refractivity contribution in [1.82, 2.24) is 10.6 Å². The molecule has 1 rings (SSSR count). The molecule has 21 heavy (non-hydrogen) atoms. The van der Waals surface area contributed by atoms with Crippen LogP contribution in [0, 0.1) is 5.82 Å². The summed E-state index contributed by atoms with van der Waals surface area (Å²) in [6.07, 6.45) is 0.376. The molecule has 0 aromatic heterocycles. The highest BCUT2D eigenvalue weighted by Gasteiger charge is 2.07. The van der Waals surface area contributed by atoms with Gasteiger partial charge in [0.25, 0.3) is 0 Å². The molecule has 0 unspecified atom stereocenters. The van der Waals surface area contributed by atoms with Crippen LogP contribution in [0.3, 0.4) is 0 Å². The molecule has 116 valence electrons. The number of carbonyl (C=O) groups excluding carboxylic acids is 2. The van der Waals surface area contributed by atoms with E-state index in [9.17, 15) is 14.0 Å². The van der Waals surface area contributed by atoms with Crippen molar-refractivity contribution in [2.75, 3.05) is 13.1 Å². The van der Waals surface area contributed by atoms with Crippen LogP contribution < -0.4 is 10.6 Å². The SMILES string of the molecule is CC(C)OC(=O)CCNC(=O)NCCc1ccccc1F. The molecule has 0 fully saturated rings. The van der Waals surface area contributed by atoms with E-state index in [0.29, 0.717) is 18.5 Å². The summed E-state index contributed by atoms with van der Waals surface area (Å²) in [5.41, 5.74) is 0.554. The van der Waals surface area contributed by atoms with E-state index >= 15 is 0 Å². The second kappa shape index (κ2) is 8.94. The molecule has 1 aromatic carbocycles. The van der Waals surface area contributed by atoms with Gasteiger partial charge >= 0.3 is 12.0 Å². The predicted octanol–water partition coefficient (Wildman–Crippen LogP) is 2.01. The number of benzene rings is 1. The van der Waals surface area contributed by atoms with E-state index in [4.69, 9.17) is 4.74 Å². The lowest BCUT2D eigenvalue weighted by Crippen LogP contribution is -2.37. The summed E-state index contributed by atoms with van der Waals surface area (Å²) in [4.78, 5) is 22.7. The molecule has 0 aliphatic rings. The van der Waals surface area contributed by atoms with Crippen molar-refractivity contribution in [2.45, 2.75) is 32.8 Å². The van der Waals surface area contributed by atoms with Crippen LogP contribution in [0.1, 0.15) is 25.8 Å². The molecule has 5 nitrogen and oxygen atoms in total. The molecule has 0 atom stereocenters. The molecule has 0 saturated carbocycles. The van der Waals surface area contributed by atoms with Crippen LogP contribution >= 0.6 is 0 Å². The third kappa shape index (κ3) is 7.29. The van der Waals surface area contributed by atoms with E-state index in [-0.39, 0.29) is 36.9 Å². The maximum Gasteiger partial charge on any atom is 0.314 e. The van der Waals surface area contributed by atoms with Crippen molar-refractivity contribution in [3.63, 3.8) is 0 Å². The van der Waals surface area contributed by atoms with Gasteiger partial charge in [0.2, 0.25) is 0 Å². The van der Waals surface area contributed by atoms with Crippen LogP contribution in [0.25, 0.3) is 0 Å². The molecule has 2 N–H and O–H groups in total. The van der Waals surface area contributed by atoms with Gasteiger partial charge in [0.1, 0.15) is 5.82 Å². The van der Waals surface area contributed by atoms with Crippen molar-refractivity contribution in [2.24, 2.45) is 0 Å². The number of nitrogens with one attached hydrogen (secondary N) is 2. The molecule has 1 aromatic rings. The molecule has 0 bridgehead atoms. The number of carbonyl (C=O) groups is 2. The number of urea groups is 1. The standard InChI is InChI=1S/C15H21FN2O3/c1-11(2)21-14(19)8-10-18-15(20)17-9-7-12-5-3-4-6-13(12)16/h3-6,11H,7-10H2,1-2H3,(H2,17,18,20). The molecular weight excluding hydrogens is 275 g/mol. The summed E-state index contributed by atoms with van der Waals surface area (Å²) in [5, 5.41) is 5.15. The summed E-state index contributed by atoms with van der Waals surface area (Å²) in [6, 6.07) is 6.05. The second-order valence-electron chi connectivity index (χ2n) is 4.81. The fourth-order valence-corrected chi connectivity index (χ4v) is 1.67. The minimum absolute atomic E-state index is 0.124. The summed E-state index contributed by atoms with van der Waals surface area (Å²) in [5.74, 6) is -0.632. The Balaban J connectivity index is 2.14. The highest BCUT2D eigenvalue weighted by atomic mass is 19.1. The maximum absolute atomic E-state index is 13.3. The second-order valence-corrected chi connectivity index (χ2v) is 4.81. The first kappa shape index (κ1) is 16.9. The lowest BCUT2D eigenvalue weighted by atomic mass is 10.1. The number of halogens is 1. The summed E-state index contributed by atoms with van der Waals surface area (Å²) in [7, 11) is 0. The topological polar surface area (TPSA) is 67.4 Å². The van der Waals surface area contributed by atoms with Gasteiger partial charge in [0.05, 0.1) is 12.5 Å². The maximum atomic E-state index is 13.3. The van der Waals surface area contributed by atoms with E-state index in [1.165, 1.54) is 6.07 Å². The van der Waals surface area contributed by atoms with Gasteiger partial charge in [-0.2, -0.15) is 0 Å². The lowest BCUT2D eigenvalue weighted by Gasteiger charge is -2.09. The predicted molar refractivity (Wildman–Crippen MR) is 77.4 cm³/mol. The van der Waals surface area contributed by atoms with Gasteiger partial charge in [0, 0.05) is 13.1 Å². The van der Waals surface area contributed by atoms with E-state index in [1.807, 2.05) is 0 Å². The Morgan fingerprint density at radius 2 is 1.86 bits per heavy atom. The van der Waals surface area contributed by atoms with Crippen LogP contribution in [-0.2, 0) is 16.0 Å². The van der Waals surface area contributed by atoms with Gasteiger partial charge in [-0.05, 0) is 31.9 Å². The number of esters is 1. The zero-order chi connectivity index (χ0) is 15.7. The zero-order valence-electron chi connectivity index (χ0n) is 12.3. The zero-order valence-corrected chi connectivity index (χ0v) is 12.3. The first-order chi connectivity index (χ1) is 9.99. The van der Waals surface area contributed by atoms with Gasteiger partial charge in [0.15, 0.2) is 0 Å². The minimum Gasteiger partial charge on any atom is -0.463 e. The third-order valence-electron chi connectivity index (χ3n) is 2.62. The number of ether oxygens (including phenoxy) is 1. The van der Waals surface area contributed by atoms with Crippen LogP contribution in [0.15, 0.2) is 24.3 Å². The molecular formula is C15H21FN2O3. The van der Waals surface area contributed by atoms with Crippen molar-refractivity contribution in [3.8, 4) is 0 Å².